The minimum Gasteiger partial charge on any atom is -1.00 e. The second-order valence-corrected chi connectivity index (χ2v) is 8.17. The van der Waals surface area contributed by atoms with Crippen LogP contribution < -0.4 is 28.8 Å². The smallest absolute Gasteiger partial charge is 1.00 e. The molecule has 0 aliphatic heterocycles. The Morgan fingerprint density at radius 2 is 2.00 bits per heavy atom. The maximum Gasteiger partial charge on any atom is -1.00 e. The normalized spacial score (nSPS) is 12.4. The predicted octanol–water partition coefficient (Wildman–Crippen LogP) is -4.31. The zero-order valence-electron chi connectivity index (χ0n) is 9.22. The van der Waals surface area contributed by atoms with Crippen LogP contribution in [0.4, 0.5) is 0 Å². The van der Waals surface area contributed by atoms with Crippen molar-refractivity contribution in [3.05, 3.63) is 40.4 Å². The van der Waals surface area contributed by atoms with Crippen molar-refractivity contribution in [2.75, 3.05) is 0 Å². The van der Waals surface area contributed by atoms with E-state index >= 15 is 0 Å². The second-order valence-electron chi connectivity index (χ2n) is 3.56. The summed E-state index contributed by atoms with van der Waals surface area (Å²) in [6.45, 7) is 4.73. The Kier molecular flexibility index (Phi) is 7.53. The minimum absolute atomic E-state index is 0. The number of aromatic nitrogens is 1. The first-order valence-electron chi connectivity index (χ1n) is 4.74. The molecule has 0 spiro atoms. The summed E-state index contributed by atoms with van der Waals surface area (Å²) >= 11 is -0.122. The fraction of sp³-hybridized carbons (Fsp3) is 0.182. The van der Waals surface area contributed by atoms with E-state index in [1.807, 2.05) is 6.20 Å². The predicted molar refractivity (Wildman–Crippen MR) is 60.1 cm³/mol. The third-order valence-corrected chi connectivity index (χ3v) is 6.13. The van der Waals surface area contributed by atoms with Crippen LogP contribution in [0.2, 0.25) is 13.1 Å². The van der Waals surface area contributed by atoms with Gasteiger partial charge in [0.1, 0.15) is 0 Å². The van der Waals surface area contributed by atoms with E-state index in [0.717, 1.165) is 0 Å². The number of rotatable bonds is 2. The number of aromatic amines is 1. The zero-order chi connectivity index (χ0) is 9.97. The van der Waals surface area contributed by atoms with Gasteiger partial charge in [0.15, 0.2) is 0 Å². The van der Waals surface area contributed by atoms with Crippen LogP contribution in [0.25, 0.3) is 0 Å². The molecule has 1 heterocycles. The fourth-order valence-electron chi connectivity index (χ4n) is 1.52. The van der Waals surface area contributed by atoms with Crippen LogP contribution in [0.1, 0.15) is 0 Å². The van der Waals surface area contributed by atoms with E-state index in [9.17, 15) is 0 Å². The van der Waals surface area contributed by atoms with Gasteiger partial charge in [-0.3, -0.25) is 0 Å². The molecule has 84 valence electrons. The summed E-state index contributed by atoms with van der Waals surface area (Å²) in [7, 11) is -0.284. The quantitative estimate of drug-likeness (QED) is 0.532. The SMILES string of the molecule is C[Si](C)=C1C=CC=[C]1[Ti+2][c]1ccc[nH]1.[Cl-].[Cl-]. The summed E-state index contributed by atoms with van der Waals surface area (Å²) in [6.07, 6.45) is 8.82. The van der Waals surface area contributed by atoms with Crippen molar-refractivity contribution in [1.29, 1.82) is 0 Å². The van der Waals surface area contributed by atoms with Crippen LogP contribution >= 0.6 is 0 Å². The Balaban J connectivity index is 0.00000112. The zero-order valence-corrected chi connectivity index (χ0v) is 13.3. The van der Waals surface area contributed by atoms with E-state index in [4.69, 9.17) is 0 Å². The van der Waals surface area contributed by atoms with Crippen LogP contribution in [0.3, 0.4) is 0 Å². The second kappa shape index (κ2) is 7.46. The van der Waals surface area contributed by atoms with Crippen LogP contribution in [-0.2, 0) is 19.2 Å². The van der Waals surface area contributed by atoms with Gasteiger partial charge in [-0.05, 0) is 0 Å². The van der Waals surface area contributed by atoms with Crippen molar-refractivity contribution < 1.29 is 44.0 Å². The van der Waals surface area contributed by atoms with Gasteiger partial charge in [-0.2, -0.15) is 0 Å². The van der Waals surface area contributed by atoms with Crippen LogP contribution in [0, 0.1) is 0 Å². The van der Waals surface area contributed by atoms with Crippen molar-refractivity contribution >= 4 is 17.6 Å². The van der Waals surface area contributed by atoms with Crippen molar-refractivity contribution in [2.24, 2.45) is 0 Å². The Bertz CT molecular complexity index is 417. The van der Waals surface area contributed by atoms with E-state index in [2.05, 4.69) is 48.4 Å². The fourth-order valence-corrected chi connectivity index (χ4v) is 5.60. The number of halogens is 2. The first-order valence-corrected chi connectivity index (χ1v) is 8.80. The average molecular weight is 306 g/mol. The molecule has 1 aromatic heterocycles. The molecule has 2 rings (SSSR count). The summed E-state index contributed by atoms with van der Waals surface area (Å²) in [6, 6.07) is 4.29. The van der Waals surface area contributed by atoms with Gasteiger partial charge in [0, 0.05) is 0 Å². The van der Waals surface area contributed by atoms with Gasteiger partial charge in [0.25, 0.3) is 0 Å². The number of hydrogen-bond donors (Lipinski definition) is 1. The van der Waals surface area contributed by atoms with Gasteiger partial charge in [-0.1, -0.05) is 0 Å². The standard InChI is InChI=1S/C7H9Si.C4H4N.2ClH.Ti/c1-8(2)7-5-3-4-6-7;1-2-4-5-3-1;;;/h3-5H,1-2H3;1-3,5H;2*1H;/q;;;;+2/p-2. The maximum absolute atomic E-state index is 3.31. The molecular formula is C11H13Cl2NSiTi. The van der Waals surface area contributed by atoms with Crippen LogP contribution in [0.15, 0.2) is 40.4 Å². The molecule has 0 aromatic carbocycles. The molecule has 1 aliphatic carbocycles. The van der Waals surface area contributed by atoms with E-state index in [-0.39, 0.29) is 52.4 Å². The summed E-state index contributed by atoms with van der Waals surface area (Å²) in [5, 5.41) is 1.63. The molecule has 0 saturated heterocycles. The summed E-state index contributed by atoms with van der Waals surface area (Å²) < 4.78 is 3.05. The third-order valence-electron chi connectivity index (χ3n) is 2.22. The van der Waals surface area contributed by atoms with Crippen molar-refractivity contribution in [3.63, 3.8) is 0 Å². The Hall–Kier alpha value is 0.141. The van der Waals surface area contributed by atoms with E-state index in [0.29, 0.717) is 0 Å². The number of nitrogens with one attached hydrogen (secondary N) is 1. The van der Waals surface area contributed by atoms with E-state index in [1.54, 1.807) is 9.05 Å². The molecule has 1 aromatic rings. The third kappa shape index (κ3) is 3.86. The molecule has 16 heavy (non-hydrogen) atoms. The first kappa shape index (κ1) is 16.1. The minimum atomic E-state index is -0.284. The molecule has 0 bridgehead atoms. The largest absolute Gasteiger partial charge is 1.00 e. The van der Waals surface area contributed by atoms with Gasteiger partial charge in [-0.25, -0.2) is 0 Å². The summed E-state index contributed by atoms with van der Waals surface area (Å²) in [5.41, 5.74) is 0. The molecule has 0 radical (unpaired) electrons. The van der Waals surface area contributed by atoms with Crippen molar-refractivity contribution in [2.45, 2.75) is 13.1 Å². The van der Waals surface area contributed by atoms with Gasteiger partial charge in [-0.15, -0.1) is 0 Å². The Morgan fingerprint density at radius 1 is 1.25 bits per heavy atom. The monoisotopic (exact) mass is 305 g/mol. The molecule has 0 fully saturated rings. The molecule has 1 aliphatic rings. The van der Waals surface area contributed by atoms with Crippen LogP contribution in [-0.4, -0.2) is 18.6 Å². The topological polar surface area (TPSA) is 15.8 Å². The van der Waals surface area contributed by atoms with Crippen molar-refractivity contribution in [3.8, 4) is 0 Å². The van der Waals surface area contributed by atoms with Crippen molar-refractivity contribution in [1.82, 2.24) is 4.98 Å². The molecule has 1 nitrogen and oxygen atoms in total. The average Bonchev–Trinajstić information content (AvgIpc) is 2.75. The van der Waals surface area contributed by atoms with E-state index < -0.39 is 0 Å². The molecule has 5 heteroatoms. The van der Waals surface area contributed by atoms with Gasteiger partial charge >= 0.3 is 95.2 Å². The summed E-state index contributed by atoms with van der Waals surface area (Å²) in [5.74, 6) is 0. The van der Waals surface area contributed by atoms with Crippen LogP contribution in [0.5, 0.6) is 0 Å². The molecule has 1 N–H and O–H groups in total. The molecule has 0 saturated carbocycles. The number of H-pyrrole nitrogens is 1. The Labute approximate surface area is 119 Å². The molecular weight excluding hydrogens is 293 g/mol. The first-order chi connectivity index (χ1) is 6.77. The molecule has 0 amide bonds. The number of hydrogen-bond acceptors (Lipinski definition) is 0. The molecule has 0 unspecified atom stereocenters. The maximum atomic E-state index is 3.31. The van der Waals surface area contributed by atoms with Gasteiger partial charge in [0.2, 0.25) is 0 Å². The number of allylic oxidation sites excluding steroid dienone is 4. The van der Waals surface area contributed by atoms with E-state index in [1.165, 1.54) is 4.00 Å². The molecule has 0 atom stereocenters. The van der Waals surface area contributed by atoms with Gasteiger partial charge < -0.3 is 24.8 Å². The Morgan fingerprint density at radius 3 is 2.56 bits per heavy atom. The van der Waals surface area contributed by atoms with Gasteiger partial charge in [0.05, 0.1) is 0 Å². The summed E-state index contributed by atoms with van der Waals surface area (Å²) in [4.78, 5) is 3.31.